The normalized spacial score (nSPS) is 11.4. The molecule has 0 unspecified atom stereocenters. The molecule has 33 heavy (non-hydrogen) atoms. The van der Waals surface area contributed by atoms with Crippen LogP contribution in [0.1, 0.15) is 54.9 Å². The Morgan fingerprint density at radius 3 is 2.06 bits per heavy atom. The number of nitrogens with zero attached hydrogens (tertiary/aromatic N) is 1. The van der Waals surface area contributed by atoms with Crippen molar-refractivity contribution < 1.29 is 4.79 Å². The maximum absolute atomic E-state index is 12.8. The minimum absolute atomic E-state index is 0.0599. The Kier molecular flexibility index (Phi) is 6.75. The third-order valence-electron chi connectivity index (χ3n) is 5.67. The van der Waals surface area contributed by atoms with Crippen LogP contribution in [0, 0.1) is 0 Å². The number of carbonyl (C=O) groups is 1. The zero-order valence-corrected chi connectivity index (χ0v) is 20.5. The molecule has 0 saturated carbocycles. The summed E-state index contributed by atoms with van der Waals surface area (Å²) in [4.78, 5) is 18.9. The predicted molar refractivity (Wildman–Crippen MR) is 140 cm³/mol. The molecule has 0 saturated heterocycles. The van der Waals surface area contributed by atoms with Gasteiger partial charge in [-0.1, -0.05) is 101 Å². The van der Waals surface area contributed by atoms with Crippen LogP contribution in [-0.2, 0) is 11.8 Å². The van der Waals surface area contributed by atoms with Crippen LogP contribution in [0.25, 0.3) is 22.4 Å². The van der Waals surface area contributed by atoms with E-state index in [2.05, 4.69) is 81.5 Å². The SMILES string of the molecule is CCCc1sc(NC(=O)c2ccc(C(C)(C)C)cc2)nc1-c1ccc(-c2ccccc2)cc1. The number of aromatic nitrogens is 1. The monoisotopic (exact) mass is 454 g/mol. The summed E-state index contributed by atoms with van der Waals surface area (Å²) >= 11 is 1.57. The van der Waals surface area contributed by atoms with Crippen LogP contribution in [0.2, 0.25) is 0 Å². The summed E-state index contributed by atoms with van der Waals surface area (Å²) in [5.41, 5.74) is 6.32. The van der Waals surface area contributed by atoms with Crippen molar-refractivity contribution in [3.05, 3.63) is 94.9 Å². The number of aryl methyl sites for hydroxylation is 1. The Morgan fingerprint density at radius 2 is 1.45 bits per heavy atom. The fraction of sp³-hybridized carbons (Fsp3) is 0.241. The van der Waals surface area contributed by atoms with Gasteiger partial charge in [0.2, 0.25) is 0 Å². The van der Waals surface area contributed by atoms with Gasteiger partial charge in [-0.25, -0.2) is 4.98 Å². The van der Waals surface area contributed by atoms with Crippen LogP contribution >= 0.6 is 11.3 Å². The molecule has 0 aliphatic heterocycles. The third kappa shape index (κ3) is 5.40. The molecule has 1 heterocycles. The van der Waals surface area contributed by atoms with Gasteiger partial charge in [-0.05, 0) is 40.7 Å². The first kappa shape index (κ1) is 22.9. The van der Waals surface area contributed by atoms with Gasteiger partial charge < -0.3 is 0 Å². The van der Waals surface area contributed by atoms with Gasteiger partial charge in [0, 0.05) is 16.0 Å². The standard InChI is InChI=1S/C29H30N2OS/c1-5-9-25-26(22-14-12-21(13-15-22)20-10-7-6-8-11-20)30-28(33-25)31-27(32)23-16-18-24(19-17-23)29(2,3)4/h6-8,10-19H,5,9H2,1-4H3,(H,30,31,32). The average Bonchev–Trinajstić information content (AvgIpc) is 3.21. The van der Waals surface area contributed by atoms with E-state index in [0.29, 0.717) is 10.7 Å². The van der Waals surface area contributed by atoms with Gasteiger partial charge >= 0.3 is 0 Å². The van der Waals surface area contributed by atoms with Crippen molar-refractivity contribution in [1.82, 2.24) is 4.98 Å². The average molecular weight is 455 g/mol. The van der Waals surface area contributed by atoms with Crippen LogP contribution in [0.4, 0.5) is 5.13 Å². The molecule has 0 atom stereocenters. The first-order chi connectivity index (χ1) is 15.8. The molecule has 1 amide bonds. The number of benzene rings is 3. The van der Waals surface area contributed by atoms with E-state index in [9.17, 15) is 4.79 Å². The largest absolute Gasteiger partial charge is 0.298 e. The molecular formula is C29H30N2OS. The molecule has 0 bridgehead atoms. The van der Waals surface area contributed by atoms with Crippen molar-refractivity contribution in [1.29, 1.82) is 0 Å². The number of hydrogen-bond acceptors (Lipinski definition) is 3. The zero-order chi connectivity index (χ0) is 23.4. The Labute approximate surface area is 200 Å². The molecule has 0 spiro atoms. The van der Waals surface area contributed by atoms with Crippen molar-refractivity contribution in [2.75, 3.05) is 5.32 Å². The summed E-state index contributed by atoms with van der Waals surface area (Å²) in [5, 5.41) is 3.66. The Balaban J connectivity index is 1.56. The lowest BCUT2D eigenvalue weighted by molar-refractivity contribution is 0.102. The zero-order valence-electron chi connectivity index (χ0n) is 19.7. The highest BCUT2D eigenvalue weighted by atomic mass is 32.1. The third-order valence-corrected chi connectivity index (χ3v) is 6.70. The fourth-order valence-corrected chi connectivity index (χ4v) is 4.85. The van der Waals surface area contributed by atoms with Crippen molar-refractivity contribution in [2.45, 2.75) is 46.0 Å². The van der Waals surface area contributed by atoms with Crippen molar-refractivity contribution in [3.8, 4) is 22.4 Å². The summed E-state index contributed by atoms with van der Waals surface area (Å²) < 4.78 is 0. The quantitative estimate of drug-likeness (QED) is 0.321. The predicted octanol–water partition coefficient (Wildman–Crippen LogP) is 7.98. The lowest BCUT2D eigenvalue weighted by Crippen LogP contribution is -2.14. The van der Waals surface area contributed by atoms with Gasteiger partial charge in [-0.3, -0.25) is 10.1 Å². The van der Waals surface area contributed by atoms with E-state index in [4.69, 9.17) is 4.98 Å². The molecule has 3 aromatic carbocycles. The van der Waals surface area contributed by atoms with E-state index in [0.717, 1.165) is 24.1 Å². The molecule has 4 rings (SSSR count). The van der Waals surface area contributed by atoms with Crippen molar-refractivity contribution in [3.63, 3.8) is 0 Å². The molecular weight excluding hydrogens is 424 g/mol. The molecule has 3 nitrogen and oxygen atoms in total. The molecule has 0 radical (unpaired) electrons. The first-order valence-corrected chi connectivity index (χ1v) is 12.2. The molecule has 0 aliphatic carbocycles. The number of hydrogen-bond donors (Lipinski definition) is 1. The van der Waals surface area contributed by atoms with E-state index < -0.39 is 0 Å². The smallest absolute Gasteiger partial charge is 0.257 e. The van der Waals surface area contributed by atoms with E-state index in [1.165, 1.54) is 21.6 Å². The fourth-order valence-electron chi connectivity index (χ4n) is 3.77. The Hall–Kier alpha value is -3.24. The van der Waals surface area contributed by atoms with Crippen LogP contribution in [-0.4, -0.2) is 10.9 Å². The highest BCUT2D eigenvalue weighted by Crippen LogP contribution is 2.33. The topological polar surface area (TPSA) is 42.0 Å². The van der Waals surface area contributed by atoms with Gasteiger partial charge in [-0.2, -0.15) is 0 Å². The Bertz CT molecular complexity index is 1220. The number of anilines is 1. The summed E-state index contributed by atoms with van der Waals surface area (Å²) in [7, 11) is 0. The highest BCUT2D eigenvalue weighted by molar-refractivity contribution is 7.16. The van der Waals surface area contributed by atoms with Gasteiger partial charge in [0.1, 0.15) is 0 Å². The second-order valence-electron chi connectivity index (χ2n) is 9.27. The summed E-state index contributed by atoms with van der Waals surface area (Å²) in [5.74, 6) is -0.127. The summed E-state index contributed by atoms with van der Waals surface area (Å²) in [6.45, 7) is 8.67. The lowest BCUT2D eigenvalue weighted by atomic mass is 9.87. The molecule has 4 aromatic rings. The number of nitrogens with one attached hydrogen (secondary N) is 1. The van der Waals surface area contributed by atoms with Gasteiger partial charge in [0.05, 0.1) is 5.69 Å². The lowest BCUT2D eigenvalue weighted by Gasteiger charge is -2.18. The first-order valence-electron chi connectivity index (χ1n) is 11.4. The molecule has 4 heteroatoms. The maximum Gasteiger partial charge on any atom is 0.257 e. The second kappa shape index (κ2) is 9.72. The summed E-state index contributed by atoms with van der Waals surface area (Å²) in [6.07, 6.45) is 1.96. The van der Waals surface area contributed by atoms with Crippen molar-refractivity contribution >= 4 is 22.4 Å². The Morgan fingerprint density at radius 1 is 0.848 bits per heavy atom. The van der Waals surface area contributed by atoms with Crippen LogP contribution < -0.4 is 5.32 Å². The van der Waals surface area contributed by atoms with Crippen molar-refractivity contribution in [2.24, 2.45) is 0 Å². The van der Waals surface area contributed by atoms with Crippen LogP contribution in [0.3, 0.4) is 0 Å². The van der Waals surface area contributed by atoms with E-state index >= 15 is 0 Å². The van der Waals surface area contributed by atoms with Crippen LogP contribution in [0.5, 0.6) is 0 Å². The minimum Gasteiger partial charge on any atom is -0.298 e. The van der Waals surface area contributed by atoms with E-state index in [1.54, 1.807) is 11.3 Å². The van der Waals surface area contributed by atoms with E-state index in [-0.39, 0.29) is 11.3 Å². The number of thiazole rings is 1. The number of carbonyl (C=O) groups excluding carboxylic acids is 1. The minimum atomic E-state index is -0.127. The van der Waals surface area contributed by atoms with Gasteiger partial charge in [-0.15, -0.1) is 11.3 Å². The van der Waals surface area contributed by atoms with Gasteiger partial charge in [0.25, 0.3) is 5.91 Å². The molecule has 168 valence electrons. The van der Waals surface area contributed by atoms with Crippen LogP contribution in [0.15, 0.2) is 78.9 Å². The highest BCUT2D eigenvalue weighted by Gasteiger charge is 2.17. The molecule has 0 fully saturated rings. The summed E-state index contributed by atoms with van der Waals surface area (Å²) in [6, 6.07) is 26.7. The number of amides is 1. The molecule has 1 aromatic heterocycles. The molecule has 0 aliphatic rings. The maximum atomic E-state index is 12.8. The van der Waals surface area contributed by atoms with Gasteiger partial charge in [0.15, 0.2) is 5.13 Å². The van der Waals surface area contributed by atoms with E-state index in [1.807, 2.05) is 30.3 Å². The molecule has 1 N–H and O–H groups in total. The number of rotatable bonds is 6. The second-order valence-corrected chi connectivity index (χ2v) is 10.3.